The van der Waals surface area contributed by atoms with Gasteiger partial charge in [0.15, 0.2) is 10.8 Å². The largest absolute Gasteiger partial charge is 0.511 e. The van der Waals surface area contributed by atoms with Crippen LogP contribution >= 0.6 is 59.7 Å². The summed E-state index contributed by atoms with van der Waals surface area (Å²) in [5, 5.41) is 22.6. The SMILES string of the molecule is CC(OC(=O)OC1CCCCC1)OC(=O)C1=C(SCc2cn[nH]c2)CS[C@H]2[C@H](NC(=O)/C(=N\O)c3csc(N)n3)C(=O)N12.Cl.Cl. The van der Waals surface area contributed by atoms with E-state index in [-0.39, 0.29) is 47.4 Å². The number of hydrogen-bond donors (Lipinski definition) is 4. The first kappa shape index (κ1) is 36.3. The number of esters is 1. The zero-order chi connectivity index (χ0) is 30.5. The third kappa shape index (κ3) is 8.55. The van der Waals surface area contributed by atoms with Gasteiger partial charge in [-0.2, -0.15) is 5.10 Å². The van der Waals surface area contributed by atoms with Crippen molar-refractivity contribution in [2.24, 2.45) is 5.16 Å². The van der Waals surface area contributed by atoms with E-state index in [0.717, 1.165) is 49.0 Å². The van der Waals surface area contributed by atoms with Crippen molar-refractivity contribution in [1.29, 1.82) is 0 Å². The zero-order valence-corrected chi connectivity index (χ0v) is 27.8. The Labute approximate surface area is 282 Å². The van der Waals surface area contributed by atoms with Crippen molar-refractivity contribution in [3.8, 4) is 0 Å². The summed E-state index contributed by atoms with van der Waals surface area (Å²) in [6.45, 7) is 1.38. The molecule has 1 aliphatic carbocycles. The molecule has 0 spiro atoms. The van der Waals surface area contributed by atoms with Gasteiger partial charge in [-0.1, -0.05) is 11.6 Å². The number of oxime groups is 1. The van der Waals surface area contributed by atoms with Gasteiger partial charge in [0.05, 0.1) is 6.20 Å². The fourth-order valence-corrected chi connectivity index (χ4v) is 7.85. The zero-order valence-electron chi connectivity index (χ0n) is 23.7. The van der Waals surface area contributed by atoms with Crippen LogP contribution in [0.4, 0.5) is 9.93 Å². The van der Waals surface area contributed by atoms with Crippen LogP contribution < -0.4 is 11.1 Å². The molecule has 0 aromatic carbocycles. The minimum atomic E-state index is -1.29. The quantitative estimate of drug-likeness (QED) is 0.0692. The summed E-state index contributed by atoms with van der Waals surface area (Å²) in [5.41, 5.74) is 6.14. The van der Waals surface area contributed by atoms with Gasteiger partial charge in [-0.25, -0.2) is 14.6 Å². The number of nitrogen functional groups attached to an aromatic ring is 1. The molecule has 2 amide bonds. The molecule has 4 heterocycles. The molecular weight excluding hydrogens is 693 g/mol. The molecule has 1 saturated heterocycles. The maximum atomic E-state index is 13.5. The molecule has 0 bridgehead atoms. The van der Waals surface area contributed by atoms with Gasteiger partial charge in [0.1, 0.15) is 28.9 Å². The molecule has 0 radical (unpaired) electrons. The van der Waals surface area contributed by atoms with E-state index >= 15 is 0 Å². The lowest BCUT2D eigenvalue weighted by Gasteiger charge is -2.49. The van der Waals surface area contributed by atoms with E-state index < -0.39 is 47.4 Å². The van der Waals surface area contributed by atoms with E-state index in [1.807, 2.05) is 0 Å². The Bertz CT molecular complexity index is 1440. The lowest BCUT2D eigenvalue weighted by Crippen LogP contribution is -2.71. The number of thiazole rings is 1. The first-order chi connectivity index (χ1) is 20.7. The van der Waals surface area contributed by atoms with Gasteiger partial charge in [0.2, 0.25) is 6.29 Å². The number of rotatable bonds is 10. The number of ether oxygens (including phenoxy) is 3. The Hall–Kier alpha value is -3.19. The second kappa shape index (κ2) is 16.4. The minimum Gasteiger partial charge on any atom is -0.431 e. The van der Waals surface area contributed by atoms with E-state index in [1.54, 1.807) is 12.4 Å². The van der Waals surface area contributed by atoms with E-state index in [4.69, 9.17) is 19.9 Å². The van der Waals surface area contributed by atoms with Crippen molar-refractivity contribution >= 4 is 94.5 Å². The fraction of sp³-hybridized carbons (Fsp3) is 0.480. The van der Waals surface area contributed by atoms with Crippen molar-refractivity contribution in [2.45, 2.75) is 68.6 Å². The number of H-pyrrole nitrogens is 1. The second-order valence-corrected chi connectivity index (χ2v) is 12.8. The van der Waals surface area contributed by atoms with Crippen LogP contribution in [-0.2, 0) is 34.3 Å². The molecule has 2 fully saturated rings. The fourth-order valence-electron chi connectivity index (χ4n) is 4.75. The molecule has 1 unspecified atom stereocenters. The minimum absolute atomic E-state index is 0. The van der Waals surface area contributed by atoms with Crippen LogP contribution in [0.25, 0.3) is 0 Å². The number of β-lactam (4-membered cyclic amide) rings is 1. The third-order valence-corrected chi connectivity index (χ3v) is 10.1. The summed E-state index contributed by atoms with van der Waals surface area (Å²) in [4.78, 5) is 57.7. The molecule has 2 aromatic heterocycles. The number of thioether (sulfide) groups is 2. The lowest BCUT2D eigenvalue weighted by atomic mass is 9.98. The molecule has 1 saturated carbocycles. The number of halogens is 2. The van der Waals surface area contributed by atoms with Crippen LogP contribution in [0.1, 0.15) is 50.3 Å². The Morgan fingerprint density at radius 1 is 1.27 bits per heavy atom. The number of carbonyl (C=O) groups excluding carboxylic acids is 4. The summed E-state index contributed by atoms with van der Waals surface area (Å²) in [5.74, 6) is -1.48. The van der Waals surface area contributed by atoms with Gasteiger partial charge in [-0.3, -0.25) is 19.6 Å². The van der Waals surface area contributed by atoms with E-state index in [1.165, 1.54) is 40.7 Å². The standard InChI is InChI=1S/C25H29N7O8S3.2ClH/c1-12(39-25(36)40-14-5-3-2-4-6-14)38-23(35)19-16(41-9-13-7-27-28-8-13)11-42-22-18(21(34)32(19)22)30-20(33)17(31-37)15-10-43-24(26)29-15;;/h7-8,10,12,14,18,22,37H,2-6,9,11H2,1H3,(H2,26,29)(H,27,28)(H,30,33);2*1H/b31-17-;;/t12?,18-,22+;;/m1../s1. The molecule has 45 heavy (non-hydrogen) atoms. The van der Waals surface area contributed by atoms with E-state index in [0.29, 0.717) is 16.4 Å². The number of carbonyl (C=O) groups is 4. The highest BCUT2D eigenvalue weighted by molar-refractivity contribution is 8.05. The van der Waals surface area contributed by atoms with Crippen molar-refractivity contribution in [2.75, 3.05) is 11.5 Å². The number of aromatic amines is 1. The summed E-state index contributed by atoms with van der Waals surface area (Å²) >= 11 is 3.73. The maximum Gasteiger partial charge on any atom is 0.511 e. The average Bonchev–Trinajstić information content (AvgIpc) is 3.67. The van der Waals surface area contributed by atoms with Crippen LogP contribution in [0, 0.1) is 0 Å². The Kier molecular flexibility index (Phi) is 13.2. The molecule has 5 rings (SSSR count). The first-order valence-electron chi connectivity index (χ1n) is 13.4. The monoisotopic (exact) mass is 723 g/mol. The predicted octanol–water partition coefficient (Wildman–Crippen LogP) is 3.39. The predicted molar refractivity (Wildman–Crippen MR) is 171 cm³/mol. The van der Waals surface area contributed by atoms with Gasteiger partial charge < -0.3 is 30.5 Å². The second-order valence-electron chi connectivity index (χ2n) is 9.77. The molecule has 246 valence electrons. The first-order valence-corrected chi connectivity index (χ1v) is 16.3. The highest BCUT2D eigenvalue weighted by Crippen LogP contribution is 2.44. The van der Waals surface area contributed by atoms with Gasteiger partial charge >= 0.3 is 12.1 Å². The van der Waals surface area contributed by atoms with Crippen LogP contribution in [-0.4, -0.2) is 84.5 Å². The summed E-state index contributed by atoms with van der Waals surface area (Å²) in [7, 11) is 0. The lowest BCUT2D eigenvalue weighted by molar-refractivity contribution is -0.169. The van der Waals surface area contributed by atoms with Gasteiger partial charge in [-0.15, -0.1) is 59.7 Å². The van der Waals surface area contributed by atoms with E-state index in [9.17, 15) is 24.4 Å². The van der Waals surface area contributed by atoms with Crippen LogP contribution in [0.2, 0.25) is 0 Å². The topological polar surface area (TPSA) is 211 Å². The van der Waals surface area contributed by atoms with Crippen LogP contribution in [0.5, 0.6) is 0 Å². The van der Waals surface area contributed by atoms with Crippen molar-refractivity contribution in [3.63, 3.8) is 0 Å². The number of amides is 2. The number of anilines is 1. The molecular formula is C25H31Cl2N7O8S3. The number of aromatic nitrogens is 3. The highest BCUT2D eigenvalue weighted by Gasteiger charge is 2.55. The Morgan fingerprint density at radius 2 is 2.02 bits per heavy atom. The maximum absolute atomic E-state index is 13.5. The molecule has 3 aliphatic rings. The van der Waals surface area contributed by atoms with Gasteiger partial charge in [-0.05, 0) is 25.7 Å². The Balaban J connectivity index is 0.00000276. The molecule has 15 nitrogen and oxygen atoms in total. The van der Waals surface area contributed by atoms with Crippen molar-refractivity contribution in [3.05, 3.63) is 39.6 Å². The number of nitrogens with two attached hydrogens (primary N) is 1. The number of nitrogens with zero attached hydrogens (tertiary/aromatic N) is 4. The molecule has 2 aromatic rings. The summed E-state index contributed by atoms with van der Waals surface area (Å²) in [6.07, 6.45) is 5.45. The number of nitrogens with one attached hydrogen (secondary N) is 2. The molecule has 2 aliphatic heterocycles. The van der Waals surface area contributed by atoms with Crippen LogP contribution in [0.15, 0.2) is 33.5 Å². The number of fused-ring (bicyclic) bond motifs is 1. The normalized spacial score (nSPS) is 20.5. The molecule has 20 heteroatoms. The van der Waals surface area contributed by atoms with Crippen LogP contribution in [0.3, 0.4) is 0 Å². The number of hydrogen-bond acceptors (Lipinski definition) is 15. The Morgan fingerprint density at radius 3 is 2.67 bits per heavy atom. The molecule has 5 N–H and O–H groups in total. The van der Waals surface area contributed by atoms with Gasteiger partial charge in [0.25, 0.3) is 11.8 Å². The van der Waals surface area contributed by atoms with Crippen molar-refractivity contribution in [1.82, 2.24) is 25.4 Å². The average molecular weight is 725 g/mol. The summed E-state index contributed by atoms with van der Waals surface area (Å²) in [6, 6.07) is -1.02. The summed E-state index contributed by atoms with van der Waals surface area (Å²) < 4.78 is 16.0. The van der Waals surface area contributed by atoms with E-state index in [2.05, 4.69) is 25.7 Å². The molecule has 3 atom stereocenters. The third-order valence-electron chi connectivity index (χ3n) is 6.81. The van der Waals surface area contributed by atoms with Gasteiger partial charge in [0, 0.05) is 40.5 Å². The smallest absolute Gasteiger partial charge is 0.431 e. The highest BCUT2D eigenvalue weighted by atomic mass is 35.5. The van der Waals surface area contributed by atoms with Crippen molar-refractivity contribution < 1.29 is 38.6 Å².